The Labute approximate surface area is 209 Å². The highest BCUT2D eigenvalue weighted by Crippen LogP contribution is 2.27. The number of carbonyl (C=O) groups is 2. The van der Waals surface area contributed by atoms with Crippen LogP contribution in [0.2, 0.25) is 0 Å². The maximum Gasteiger partial charge on any atom is 0.409 e. The molecule has 2 amide bonds. The molecule has 1 saturated heterocycles. The normalized spacial score (nSPS) is 13.8. The van der Waals surface area contributed by atoms with Gasteiger partial charge in [0.1, 0.15) is 16.2 Å². The van der Waals surface area contributed by atoms with Crippen LogP contribution in [-0.2, 0) is 23.6 Å². The molecule has 36 heavy (non-hydrogen) atoms. The number of hydrogen-bond acceptors (Lipinski definition) is 8. The molecule has 0 unspecified atom stereocenters. The summed E-state index contributed by atoms with van der Waals surface area (Å²) < 4.78 is 21.6. The second kappa shape index (κ2) is 10.5. The fraction of sp³-hybridized carbons (Fsp3) is 0.391. The first kappa shape index (κ1) is 25.4. The van der Waals surface area contributed by atoms with E-state index in [2.05, 4.69) is 9.97 Å². The quantitative estimate of drug-likeness (QED) is 0.367. The molecular weight excluding hydrogens is 491 g/mol. The lowest BCUT2D eigenvalue weighted by molar-refractivity contribution is -0.129. The van der Waals surface area contributed by atoms with E-state index in [4.69, 9.17) is 4.74 Å². The largest absolute Gasteiger partial charge is 0.450 e. The molecule has 0 spiro atoms. The molecule has 0 N–H and O–H groups in total. The summed E-state index contributed by atoms with van der Waals surface area (Å²) in [5, 5.41) is 0.248. The van der Waals surface area contributed by atoms with Crippen molar-refractivity contribution in [1.82, 2.24) is 28.9 Å². The number of carbonyl (C=O) groups excluding carboxylic acids is 2. The molecule has 1 aromatic carbocycles. The molecule has 3 heterocycles. The van der Waals surface area contributed by atoms with Gasteiger partial charge in [-0.15, -0.1) is 0 Å². The van der Waals surface area contributed by atoms with Gasteiger partial charge in [-0.3, -0.25) is 18.7 Å². The average molecular weight is 517 g/mol. The van der Waals surface area contributed by atoms with Crippen molar-refractivity contribution in [3.8, 4) is 11.4 Å². The van der Waals surface area contributed by atoms with Gasteiger partial charge in [0.25, 0.3) is 5.56 Å². The number of thioether (sulfide) groups is 1. The van der Waals surface area contributed by atoms with Crippen molar-refractivity contribution in [3.05, 3.63) is 50.9 Å². The minimum absolute atomic E-state index is 0.00172. The molecule has 4 rings (SSSR count). The molecule has 0 aliphatic carbocycles. The van der Waals surface area contributed by atoms with Crippen molar-refractivity contribution < 1.29 is 18.7 Å². The molecule has 1 fully saturated rings. The first-order chi connectivity index (χ1) is 17.2. The monoisotopic (exact) mass is 516 g/mol. The van der Waals surface area contributed by atoms with E-state index in [-0.39, 0.29) is 45.7 Å². The van der Waals surface area contributed by atoms with E-state index in [1.165, 1.54) is 36.9 Å². The highest BCUT2D eigenvalue weighted by atomic mass is 32.2. The third-order valence-electron chi connectivity index (χ3n) is 5.87. The predicted molar refractivity (Wildman–Crippen MR) is 131 cm³/mol. The van der Waals surface area contributed by atoms with Gasteiger partial charge in [0, 0.05) is 40.3 Å². The zero-order valence-electron chi connectivity index (χ0n) is 20.1. The molecule has 190 valence electrons. The number of halogens is 1. The lowest BCUT2D eigenvalue weighted by Gasteiger charge is -2.34. The van der Waals surface area contributed by atoms with Crippen LogP contribution in [0.15, 0.2) is 38.9 Å². The topological polar surface area (TPSA) is 120 Å². The highest BCUT2D eigenvalue weighted by Gasteiger charge is 2.26. The number of benzene rings is 1. The van der Waals surface area contributed by atoms with Crippen LogP contribution in [0, 0.1) is 5.82 Å². The molecule has 1 aliphatic rings. The van der Waals surface area contributed by atoms with Crippen molar-refractivity contribution >= 4 is 34.8 Å². The van der Waals surface area contributed by atoms with E-state index in [1.54, 1.807) is 22.8 Å². The number of piperazine rings is 1. The van der Waals surface area contributed by atoms with Crippen LogP contribution >= 0.6 is 11.8 Å². The Morgan fingerprint density at radius 1 is 1.03 bits per heavy atom. The summed E-state index contributed by atoms with van der Waals surface area (Å²) >= 11 is 1.02. The van der Waals surface area contributed by atoms with Crippen LogP contribution in [-0.4, -0.2) is 79.4 Å². The summed E-state index contributed by atoms with van der Waals surface area (Å²) in [4.78, 5) is 62.2. The van der Waals surface area contributed by atoms with Crippen molar-refractivity contribution in [2.75, 3.05) is 38.5 Å². The van der Waals surface area contributed by atoms with Crippen molar-refractivity contribution in [1.29, 1.82) is 0 Å². The fourth-order valence-electron chi connectivity index (χ4n) is 3.87. The van der Waals surface area contributed by atoms with Gasteiger partial charge in [-0.1, -0.05) is 23.9 Å². The summed E-state index contributed by atoms with van der Waals surface area (Å²) in [5.41, 5.74) is -1.03. The van der Waals surface area contributed by atoms with Crippen molar-refractivity contribution in [2.24, 2.45) is 14.1 Å². The summed E-state index contributed by atoms with van der Waals surface area (Å²) in [6.07, 6.45) is -0.409. The van der Waals surface area contributed by atoms with Gasteiger partial charge >= 0.3 is 11.8 Å². The van der Waals surface area contributed by atoms with Crippen molar-refractivity contribution in [3.63, 3.8) is 0 Å². The number of nitrogens with zero attached hydrogens (tertiary/aromatic N) is 6. The second-order valence-electron chi connectivity index (χ2n) is 8.09. The molecular formula is C23H25FN6O5S. The first-order valence-electron chi connectivity index (χ1n) is 11.3. The maximum atomic E-state index is 14.5. The maximum absolute atomic E-state index is 14.5. The molecule has 11 nitrogen and oxygen atoms in total. The van der Waals surface area contributed by atoms with Gasteiger partial charge in [0.15, 0.2) is 11.5 Å². The lowest BCUT2D eigenvalue weighted by Crippen LogP contribution is -2.51. The minimum atomic E-state index is -0.605. The van der Waals surface area contributed by atoms with Gasteiger partial charge < -0.3 is 14.5 Å². The Kier molecular flexibility index (Phi) is 7.38. The molecule has 0 bridgehead atoms. The zero-order chi connectivity index (χ0) is 26.0. The highest BCUT2D eigenvalue weighted by molar-refractivity contribution is 8.00. The molecule has 3 aromatic rings. The van der Waals surface area contributed by atoms with Gasteiger partial charge in [-0.25, -0.2) is 23.9 Å². The van der Waals surface area contributed by atoms with Crippen molar-refractivity contribution in [2.45, 2.75) is 11.9 Å². The van der Waals surface area contributed by atoms with E-state index >= 15 is 0 Å². The van der Waals surface area contributed by atoms with Crippen LogP contribution in [0.1, 0.15) is 6.92 Å². The molecule has 1 aliphatic heterocycles. The third-order valence-corrected chi connectivity index (χ3v) is 6.83. The van der Waals surface area contributed by atoms with Crippen LogP contribution in [0.5, 0.6) is 0 Å². The number of hydrogen-bond donors (Lipinski definition) is 0. The first-order valence-corrected chi connectivity index (χ1v) is 12.3. The summed E-state index contributed by atoms with van der Waals surface area (Å²) in [6, 6.07) is 5.92. The molecule has 0 atom stereocenters. The van der Waals surface area contributed by atoms with E-state index in [9.17, 15) is 23.6 Å². The minimum Gasteiger partial charge on any atom is -0.450 e. The Morgan fingerprint density at radius 3 is 2.36 bits per heavy atom. The summed E-state index contributed by atoms with van der Waals surface area (Å²) in [5.74, 6) is -0.808. The van der Waals surface area contributed by atoms with Gasteiger partial charge in [-0.05, 0) is 19.1 Å². The predicted octanol–water partition coefficient (Wildman–Crippen LogP) is 1.23. The van der Waals surface area contributed by atoms with Gasteiger partial charge in [-0.2, -0.15) is 0 Å². The van der Waals surface area contributed by atoms with Gasteiger partial charge in [0.2, 0.25) is 5.91 Å². The Morgan fingerprint density at radius 2 is 1.69 bits per heavy atom. The lowest BCUT2D eigenvalue weighted by atomic mass is 10.2. The Balaban J connectivity index is 1.64. The number of aromatic nitrogens is 4. The summed E-state index contributed by atoms with van der Waals surface area (Å²) in [6.45, 7) is 3.41. The van der Waals surface area contributed by atoms with E-state index in [1.807, 2.05) is 0 Å². The standard InChI is InChI=1S/C23H25FN6O5S/c1-4-35-23(34)30-11-9-29(10-12-30)16(31)13-36-20-17-19(27(2)22(33)28(3)21(17)32)25-18(26-20)14-7-5-6-8-15(14)24/h5-8H,4,9-13H2,1-3H3. The van der Waals surface area contributed by atoms with Gasteiger partial charge in [0.05, 0.1) is 17.9 Å². The number of ether oxygens (including phenoxy) is 1. The number of amides is 2. The Hall–Kier alpha value is -3.74. The summed E-state index contributed by atoms with van der Waals surface area (Å²) in [7, 11) is 2.81. The molecule has 2 aromatic heterocycles. The second-order valence-corrected chi connectivity index (χ2v) is 9.06. The van der Waals surface area contributed by atoms with E-state index in [0.717, 1.165) is 16.3 Å². The molecule has 13 heteroatoms. The van der Waals surface area contributed by atoms with Crippen LogP contribution in [0.3, 0.4) is 0 Å². The average Bonchev–Trinajstić information content (AvgIpc) is 2.89. The fourth-order valence-corrected chi connectivity index (χ4v) is 4.79. The van der Waals surface area contributed by atoms with Crippen LogP contribution in [0.25, 0.3) is 22.4 Å². The number of fused-ring (bicyclic) bond motifs is 1. The number of rotatable bonds is 5. The Bertz CT molecular complexity index is 1450. The van der Waals surface area contributed by atoms with E-state index < -0.39 is 23.2 Å². The van der Waals surface area contributed by atoms with Crippen LogP contribution in [0.4, 0.5) is 9.18 Å². The molecule has 0 saturated carbocycles. The third kappa shape index (κ3) is 4.83. The van der Waals surface area contributed by atoms with E-state index in [0.29, 0.717) is 26.2 Å². The smallest absolute Gasteiger partial charge is 0.409 e. The number of aryl methyl sites for hydroxylation is 1. The van der Waals surface area contributed by atoms with Crippen LogP contribution < -0.4 is 11.2 Å². The molecule has 0 radical (unpaired) electrons. The zero-order valence-corrected chi connectivity index (χ0v) is 20.9. The SMILES string of the molecule is CCOC(=O)N1CCN(C(=O)CSc2nc(-c3ccccc3F)nc3c2c(=O)n(C)c(=O)n3C)CC1.